The highest BCUT2D eigenvalue weighted by Gasteiger charge is 2.39. The molecule has 6 heteroatoms. The van der Waals surface area contributed by atoms with Gasteiger partial charge >= 0.3 is 11.9 Å². The number of hydrogen-bond donors (Lipinski definition) is 0. The van der Waals surface area contributed by atoms with Crippen LogP contribution >= 0.6 is 23.2 Å². The summed E-state index contributed by atoms with van der Waals surface area (Å²) in [6.07, 6.45) is 7.40. The molecule has 0 heterocycles. The molecule has 2 atom stereocenters. The third-order valence-electron chi connectivity index (χ3n) is 2.68. The molecule has 1 aliphatic rings. The molecule has 0 radical (unpaired) electrons. The van der Waals surface area contributed by atoms with Gasteiger partial charge in [0.15, 0.2) is 0 Å². The molecule has 1 aliphatic carbocycles. The van der Waals surface area contributed by atoms with Gasteiger partial charge in [0.1, 0.15) is 10.5 Å². The molecule has 0 fully saturated rings. The van der Waals surface area contributed by atoms with Crippen LogP contribution in [-0.4, -0.2) is 34.4 Å². The Kier molecular flexibility index (Phi) is 6.27. The number of rotatable bonds is 4. The SMILES string of the molecule is CCOC(=O)/C=C/C1(Cl)C=CC=C(C(=O)OC(C)(C)C)C1Cl. The molecule has 0 aliphatic heterocycles. The zero-order chi connectivity index (χ0) is 17.0. The van der Waals surface area contributed by atoms with Gasteiger partial charge in [-0.25, -0.2) is 9.59 Å². The minimum atomic E-state index is -1.20. The normalized spacial score (nSPS) is 25.0. The summed E-state index contributed by atoms with van der Waals surface area (Å²) in [6.45, 7) is 7.27. The van der Waals surface area contributed by atoms with Crippen molar-refractivity contribution in [3.8, 4) is 0 Å². The Hall–Kier alpha value is -1.26. The van der Waals surface area contributed by atoms with E-state index in [1.807, 2.05) is 0 Å². The van der Waals surface area contributed by atoms with E-state index in [-0.39, 0.29) is 12.2 Å². The first-order chi connectivity index (χ1) is 10.1. The maximum Gasteiger partial charge on any atom is 0.336 e. The van der Waals surface area contributed by atoms with Crippen molar-refractivity contribution in [3.05, 3.63) is 36.0 Å². The molecule has 0 saturated carbocycles. The predicted octanol–water partition coefficient (Wildman–Crippen LogP) is 3.53. The van der Waals surface area contributed by atoms with Crippen LogP contribution in [0, 0.1) is 0 Å². The van der Waals surface area contributed by atoms with Crippen molar-refractivity contribution >= 4 is 35.1 Å². The number of allylic oxidation sites excluding steroid dienone is 4. The van der Waals surface area contributed by atoms with Gasteiger partial charge in [-0.15, -0.1) is 23.2 Å². The van der Waals surface area contributed by atoms with E-state index in [0.717, 1.165) is 0 Å². The molecular weight excluding hydrogens is 327 g/mol. The number of carbonyl (C=O) groups excluding carboxylic acids is 2. The van der Waals surface area contributed by atoms with Crippen LogP contribution < -0.4 is 0 Å². The number of alkyl halides is 2. The number of halogens is 2. The fraction of sp³-hybridized carbons (Fsp3) is 0.500. The third-order valence-corrected chi connectivity index (χ3v) is 3.86. The molecule has 122 valence electrons. The first kappa shape index (κ1) is 18.8. The quantitative estimate of drug-likeness (QED) is 0.444. The van der Waals surface area contributed by atoms with Gasteiger partial charge in [0, 0.05) is 6.08 Å². The first-order valence-corrected chi connectivity index (χ1v) is 7.72. The van der Waals surface area contributed by atoms with Gasteiger partial charge in [0.25, 0.3) is 0 Å². The lowest BCUT2D eigenvalue weighted by Gasteiger charge is -2.30. The molecular formula is C16H20Cl2O4. The van der Waals surface area contributed by atoms with Crippen LogP contribution in [0.15, 0.2) is 36.0 Å². The van der Waals surface area contributed by atoms with Crippen molar-refractivity contribution < 1.29 is 19.1 Å². The Bertz CT molecular complexity index is 529. The molecule has 22 heavy (non-hydrogen) atoms. The van der Waals surface area contributed by atoms with E-state index < -0.39 is 27.8 Å². The Balaban J connectivity index is 2.91. The van der Waals surface area contributed by atoms with Crippen molar-refractivity contribution in [2.75, 3.05) is 6.61 Å². The molecule has 0 aromatic rings. The average Bonchev–Trinajstić information content (AvgIpc) is 2.38. The Morgan fingerprint density at radius 3 is 2.59 bits per heavy atom. The zero-order valence-corrected chi connectivity index (χ0v) is 14.6. The second-order valence-electron chi connectivity index (χ2n) is 5.76. The van der Waals surface area contributed by atoms with E-state index in [0.29, 0.717) is 0 Å². The lowest BCUT2D eigenvalue weighted by atomic mass is 9.92. The van der Waals surface area contributed by atoms with Crippen molar-refractivity contribution in [2.24, 2.45) is 0 Å². The monoisotopic (exact) mass is 346 g/mol. The summed E-state index contributed by atoms with van der Waals surface area (Å²) in [4.78, 5) is 22.4. The van der Waals surface area contributed by atoms with E-state index in [9.17, 15) is 9.59 Å². The molecule has 0 aromatic carbocycles. The third kappa shape index (κ3) is 5.18. The van der Waals surface area contributed by atoms with Gasteiger partial charge in [-0.05, 0) is 27.7 Å². The molecule has 0 amide bonds. The highest BCUT2D eigenvalue weighted by Crippen LogP contribution is 2.36. The summed E-state index contributed by atoms with van der Waals surface area (Å²) in [5.41, 5.74) is -0.395. The Morgan fingerprint density at radius 1 is 1.41 bits per heavy atom. The molecule has 4 nitrogen and oxygen atoms in total. The van der Waals surface area contributed by atoms with Crippen molar-refractivity contribution in [3.63, 3.8) is 0 Å². The van der Waals surface area contributed by atoms with Gasteiger partial charge in [-0.1, -0.05) is 24.3 Å². The van der Waals surface area contributed by atoms with Gasteiger partial charge in [-0.2, -0.15) is 0 Å². The van der Waals surface area contributed by atoms with E-state index in [4.69, 9.17) is 32.7 Å². The zero-order valence-electron chi connectivity index (χ0n) is 13.1. The molecule has 0 N–H and O–H groups in total. The fourth-order valence-corrected chi connectivity index (χ4v) is 2.30. The summed E-state index contributed by atoms with van der Waals surface area (Å²) in [6, 6.07) is 0. The summed E-state index contributed by atoms with van der Waals surface area (Å²) in [7, 11) is 0. The number of esters is 2. The van der Waals surface area contributed by atoms with Gasteiger partial charge in [0.05, 0.1) is 17.6 Å². The lowest BCUT2D eigenvalue weighted by molar-refractivity contribution is -0.150. The first-order valence-electron chi connectivity index (χ1n) is 6.91. The van der Waals surface area contributed by atoms with E-state index in [1.54, 1.807) is 45.9 Å². The summed E-state index contributed by atoms with van der Waals surface area (Å²) < 4.78 is 10.1. The van der Waals surface area contributed by atoms with Crippen LogP contribution in [0.4, 0.5) is 0 Å². The van der Waals surface area contributed by atoms with E-state index in [2.05, 4.69) is 0 Å². The topological polar surface area (TPSA) is 52.6 Å². The molecule has 0 saturated heterocycles. The maximum atomic E-state index is 12.2. The smallest absolute Gasteiger partial charge is 0.336 e. The minimum Gasteiger partial charge on any atom is -0.463 e. The molecule has 2 unspecified atom stereocenters. The Labute approximate surface area is 140 Å². The van der Waals surface area contributed by atoms with Gasteiger partial charge in [-0.3, -0.25) is 0 Å². The second kappa shape index (κ2) is 7.34. The maximum absolute atomic E-state index is 12.2. The second-order valence-corrected chi connectivity index (χ2v) is 6.85. The van der Waals surface area contributed by atoms with Crippen LogP contribution in [-0.2, 0) is 19.1 Å². The fourth-order valence-electron chi connectivity index (χ4n) is 1.74. The summed E-state index contributed by atoms with van der Waals surface area (Å²) >= 11 is 12.7. The van der Waals surface area contributed by atoms with Crippen molar-refractivity contribution in [2.45, 2.75) is 43.5 Å². The van der Waals surface area contributed by atoms with Crippen molar-refractivity contribution in [1.29, 1.82) is 0 Å². The molecule has 0 bridgehead atoms. The average molecular weight is 347 g/mol. The van der Waals surface area contributed by atoms with Crippen LogP contribution in [0.25, 0.3) is 0 Å². The number of hydrogen-bond acceptors (Lipinski definition) is 4. The minimum absolute atomic E-state index is 0.239. The molecule has 0 aromatic heterocycles. The van der Waals surface area contributed by atoms with Crippen LogP contribution in [0.5, 0.6) is 0 Å². The Morgan fingerprint density at radius 2 is 2.05 bits per heavy atom. The highest BCUT2D eigenvalue weighted by molar-refractivity contribution is 6.37. The van der Waals surface area contributed by atoms with Crippen LogP contribution in [0.2, 0.25) is 0 Å². The standard InChI is InChI=1S/C16H20Cl2O4/c1-5-21-12(19)8-10-16(18)9-6-7-11(13(16)17)14(20)22-15(2,3)4/h6-10,13H,5H2,1-4H3/b10-8+. The summed E-state index contributed by atoms with van der Waals surface area (Å²) in [5.74, 6) is -1.06. The number of ether oxygens (including phenoxy) is 2. The lowest BCUT2D eigenvalue weighted by Crippen LogP contribution is -2.37. The highest BCUT2D eigenvalue weighted by atomic mass is 35.5. The largest absolute Gasteiger partial charge is 0.463 e. The predicted molar refractivity (Wildman–Crippen MR) is 87.1 cm³/mol. The van der Waals surface area contributed by atoms with Gasteiger partial charge < -0.3 is 9.47 Å². The number of carbonyl (C=O) groups is 2. The van der Waals surface area contributed by atoms with Gasteiger partial charge in [0.2, 0.25) is 0 Å². The van der Waals surface area contributed by atoms with E-state index >= 15 is 0 Å². The molecule has 1 rings (SSSR count). The van der Waals surface area contributed by atoms with Crippen LogP contribution in [0.3, 0.4) is 0 Å². The molecule has 0 spiro atoms. The van der Waals surface area contributed by atoms with Crippen molar-refractivity contribution in [1.82, 2.24) is 0 Å². The summed E-state index contributed by atoms with van der Waals surface area (Å²) in [5, 5.41) is -0.861. The van der Waals surface area contributed by atoms with E-state index in [1.165, 1.54) is 12.2 Å². The van der Waals surface area contributed by atoms with Crippen LogP contribution in [0.1, 0.15) is 27.7 Å².